The van der Waals surface area contributed by atoms with E-state index in [1.54, 1.807) is 19.4 Å². The SMILES string of the molecule is COC(c1ccc(-c2ccccc2)cc1)c1ccc(Cl)nc1. The van der Waals surface area contributed by atoms with Gasteiger partial charge in [0.05, 0.1) is 0 Å². The standard InChI is InChI=1S/C19H16ClNO/c1-22-19(17-11-12-18(20)21-13-17)16-9-7-15(8-10-16)14-5-3-2-4-6-14/h2-13,19H,1H3. The minimum absolute atomic E-state index is 0.144. The third-order valence-corrected chi connectivity index (χ3v) is 3.83. The summed E-state index contributed by atoms with van der Waals surface area (Å²) in [6, 6.07) is 22.4. The fraction of sp³-hybridized carbons (Fsp3) is 0.105. The molecule has 0 aliphatic heterocycles. The van der Waals surface area contributed by atoms with Crippen LogP contribution >= 0.6 is 11.6 Å². The summed E-state index contributed by atoms with van der Waals surface area (Å²) in [6.07, 6.45) is 1.61. The van der Waals surface area contributed by atoms with Crippen molar-refractivity contribution in [2.75, 3.05) is 7.11 Å². The Morgan fingerprint density at radius 3 is 2.05 bits per heavy atom. The molecule has 0 radical (unpaired) electrons. The molecule has 1 atom stereocenters. The lowest BCUT2D eigenvalue weighted by molar-refractivity contribution is 0.136. The average Bonchev–Trinajstić information content (AvgIpc) is 2.59. The van der Waals surface area contributed by atoms with E-state index >= 15 is 0 Å². The third-order valence-electron chi connectivity index (χ3n) is 3.61. The van der Waals surface area contributed by atoms with Crippen LogP contribution in [0.5, 0.6) is 0 Å². The molecule has 3 rings (SSSR count). The number of ether oxygens (including phenoxy) is 1. The number of aromatic nitrogens is 1. The van der Waals surface area contributed by atoms with E-state index in [1.807, 2.05) is 24.3 Å². The lowest BCUT2D eigenvalue weighted by Crippen LogP contribution is -2.03. The van der Waals surface area contributed by atoms with Gasteiger partial charge in [0.1, 0.15) is 11.3 Å². The molecule has 0 aliphatic carbocycles. The summed E-state index contributed by atoms with van der Waals surface area (Å²) in [6.45, 7) is 0. The third kappa shape index (κ3) is 3.19. The maximum atomic E-state index is 5.84. The van der Waals surface area contributed by atoms with E-state index in [4.69, 9.17) is 16.3 Å². The van der Waals surface area contributed by atoms with E-state index in [2.05, 4.69) is 41.4 Å². The zero-order valence-electron chi connectivity index (χ0n) is 12.2. The number of rotatable bonds is 4. The van der Waals surface area contributed by atoms with Crippen LogP contribution in [0.3, 0.4) is 0 Å². The molecule has 110 valence electrons. The Kier molecular flexibility index (Phi) is 4.52. The molecule has 1 heterocycles. The molecule has 0 spiro atoms. The molecule has 0 N–H and O–H groups in total. The van der Waals surface area contributed by atoms with Gasteiger partial charge in [-0.3, -0.25) is 0 Å². The fourth-order valence-electron chi connectivity index (χ4n) is 2.49. The van der Waals surface area contributed by atoms with Crippen molar-refractivity contribution in [1.29, 1.82) is 0 Å². The van der Waals surface area contributed by atoms with Gasteiger partial charge in [-0.05, 0) is 22.8 Å². The smallest absolute Gasteiger partial charge is 0.129 e. The van der Waals surface area contributed by atoms with Crippen molar-refractivity contribution >= 4 is 11.6 Å². The molecule has 0 bridgehead atoms. The second-order valence-corrected chi connectivity index (χ2v) is 5.41. The van der Waals surface area contributed by atoms with Crippen molar-refractivity contribution in [3.63, 3.8) is 0 Å². The van der Waals surface area contributed by atoms with Gasteiger partial charge in [-0.15, -0.1) is 0 Å². The van der Waals surface area contributed by atoms with Crippen LogP contribution in [-0.4, -0.2) is 12.1 Å². The van der Waals surface area contributed by atoms with E-state index in [9.17, 15) is 0 Å². The summed E-state index contributed by atoms with van der Waals surface area (Å²) in [4.78, 5) is 4.12. The molecule has 2 aromatic carbocycles. The van der Waals surface area contributed by atoms with E-state index in [0.717, 1.165) is 11.1 Å². The molecular weight excluding hydrogens is 294 g/mol. The molecule has 3 heteroatoms. The van der Waals surface area contributed by atoms with Crippen LogP contribution < -0.4 is 0 Å². The first-order valence-corrected chi connectivity index (χ1v) is 7.45. The topological polar surface area (TPSA) is 22.1 Å². The highest BCUT2D eigenvalue weighted by Crippen LogP contribution is 2.28. The summed E-state index contributed by atoms with van der Waals surface area (Å²) in [5.74, 6) is 0. The summed E-state index contributed by atoms with van der Waals surface area (Å²) in [5, 5.41) is 0.484. The lowest BCUT2D eigenvalue weighted by Gasteiger charge is -2.16. The predicted octanol–water partition coefficient (Wildman–Crippen LogP) is 5.14. The Balaban J connectivity index is 1.89. The molecule has 0 aliphatic rings. The van der Waals surface area contributed by atoms with Gasteiger partial charge >= 0.3 is 0 Å². The Morgan fingerprint density at radius 2 is 1.45 bits per heavy atom. The van der Waals surface area contributed by atoms with Crippen LogP contribution in [-0.2, 0) is 4.74 Å². The Morgan fingerprint density at radius 1 is 0.818 bits per heavy atom. The van der Waals surface area contributed by atoms with Crippen LogP contribution in [0.15, 0.2) is 72.9 Å². The van der Waals surface area contributed by atoms with Crippen LogP contribution in [0, 0.1) is 0 Å². The normalized spacial score (nSPS) is 12.1. The molecule has 0 amide bonds. The van der Waals surface area contributed by atoms with Gasteiger partial charge in [0, 0.05) is 18.9 Å². The number of halogens is 1. The molecule has 0 saturated carbocycles. The summed E-state index contributed by atoms with van der Waals surface area (Å²) >= 11 is 5.84. The number of hydrogen-bond donors (Lipinski definition) is 0. The number of methoxy groups -OCH3 is 1. The van der Waals surface area contributed by atoms with Crippen LogP contribution in [0.1, 0.15) is 17.2 Å². The highest BCUT2D eigenvalue weighted by atomic mass is 35.5. The summed E-state index contributed by atoms with van der Waals surface area (Å²) < 4.78 is 5.62. The van der Waals surface area contributed by atoms with Crippen molar-refractivity contribution < 1.29 is 4.74 Å². The van der Waals surface area contributed by atoms with Crippen LogP contribution in [0.25, 0.3) is 11.1 Å². The maximum Gasteiger partial charge on any atom is 0.129 e. The largest absolute Gasteiger partial charge is 0.372 e. The summed E-state index contributed by atoms with van der Waals surface area (Å²) in [5.41, 5.74) is 4.47. The van der Waals surface area contributed by atoms with Crippen molar-refractivity contribution in [3.8, 4) is 11.1 Å². The van der Waals surface area contributed by atoms with Gasteiger partial charge in [-0.2, -0.15) is 0 Å². The van der Waals surface area contributed by atoms with Crippen LogP contribution in [0.4, 0.5) is 0 Å². The van der Waals surface area contributed by atoms with Gasteiger partial charge in [0.25, 0.3) is 0 Å². The first-order chi connectivity index (χ1) is 10.8. The van der Waals surface area contributed by atoms with Gasteiger partial charge in [0.2, 0.25) is 0 Å². The first-order valence-electron chi connectivity index (χ1n) is 7.07. The molecule has 2 nitrogen and oxygen atoms in total. The molecule has 22 heavy (non-hydrogen) atoms. The molecule has 0 fully saturated rings. The highest BCUT2D eigenvalue weighted by molar-refractivity contribution is 6.29. The zero-order chi connectivity index (χ0) is 15.4. The molecule has 1 aromatic heterocycles. The van der Waals surface area contributed by atoms with Crippen molar-refractivity contribution in [2.24, 2.45) is 0 Å². The number of benzene rings is 2. The minimum Gasteiger partial charge on any atom is -0.372 e. The van der Waals surface area contributed by atoms with E-state index in [1.165, 1.54) is 11.1 Å². The first kappa shape index (κ1) is 14.8. The predicted molar refractivity (Wildman–Crippen MR) is 90.0 cm³/mol. The monoisotopic (exact) mass is 309 g/mol. The van der Waals surface area contributed by atoms with Crippen LogP contribution in [0.2, 0.25) is 5.15 Å². The quantitative estimate of drug-likeness (QED) is 0.623. The van der Waals surface area contributed by atoms with Gasteiger partial charge in [-0.25, -0.2) is 4.98 Å². The van der Waals surface area contributed by atoms with Crippen molar-refractivity contribution in [1.82, 2.24) is 4.98 Å². The highest BCUT2D eigenvalue weighted by Gasteiger charge is 2.13. The Hall–Kier alpha value is -2.16. The molecule has 0 saturated heterocycles. The zero-order valence-corrected chi connectivity index (χ0v) is 13.0. The minimum atomic E-state index is -0.144. The second-order valence-electron chi connectivity index (χ2n) is 5.02. The maximum absolute atomic E-state index is 5.84. The van der Waals surface area contributed by atoms with E-state index < -0.39 is 0 Å². The average molecular weight is 310 g/mol. The number of pyridine rings is 1. The summed E-state index contributed by atoms with van der Waals surface area (Å²) in [7, 11) is 1.70. The van der Waals surface area contributed by atoms with Gasteiger partial charge < -0.3 is 4.74 Å². The Labute approximate surface area is 135 Å². The number of nitrogens with zero attached hydrogens (tertiary/aromatic N) is 1. The van der Waals surface area contributed by atoms with Gasteiger partial charge in [-0.1, -0.05) is 72.3 Å². The Bertz CT molecular complexity index is 724. The second kappa shape index (κ2) is 6.73. The lowest BCUT2D eigenvalue weighted by atomic mass is 9.99. The van der Waals surface area contributed by atoms with Crippen molar-refractivity contribution in [2.45, 2.75) is 6.10 Å². The molecule has 3 aromatic rings. The van der Waals surface area contributed by atoms with Crippen molar-refractivity contribution in [3.05, 3.63) is 89.2 Å². The molecular formula is C19H16ClNO. The van der Waals surface area contributed by atoms with E-state index in [0.29, 0.717) is 5.15 Å². The molecule has 1 unspecified atom stereocenters. The number of hydrogen-bond acceptors (Lipinski definition) is 2. The van der Waals surface area contributed by atoms with Gasteiger partial charge in [0.15, 0.2) is 0 Å². The fourth-order valence-corrected chi connectivity index (χ4v) is 2.60. The van der Waals surface area contributed by atoms with E-state index in [-0.39, 0.29) is 6.10 Å².